The zero-order valence-electron chi connectivity index (χ0n) is 18.5. The van der Waals surface area contributed by atoms with Gasteiger partial charge in [0.15, 0.2) is 11.6 Å². The van der Waals surface area contributed by atoms with Crippen molar-refractivity contribution in [2.24, 2.45) is 34.5 Å². The summed E-state index contributed by atoms with van der Waals surface area (Å²) in [6.07, 6.45) is 20.3. The Bertz CT molecular complexity index is 771. The van der Waals surface area contributed by atoms with Gasteiger partial charge >= 0.3 is 0 Å². The summed E-state index contributed by atoms with van der Waals surface area (Å²) < 4.78 is 0. The van der Waals surface area contributed by atoms with E-state index in [1.54, 1.807) is 6.08 Å². The molecule has 3 unspecified atom stereocenters. The maximum Gasteiger partial charge on any atom is 0.178 e. The van der Waals surface area contributed by atoms with Gasteiger partial charge in [-0.25, -0.2) is 0 Å². The van der Waals surface area contributed by atoms with E-state index in [-0.39, 0.29) is 34.2 Å². The summed E-state index contributed by atoms with van der Waals surface area (Å²) in [6.45, 7) is 10.8. The monoisotopic (exact) mass is 414 g/mol. The quantitative estimate of drug-likeness (QED) is 0.308. The molecule has 4 aliphatic rings. The Morgan fingerprint density at radius 3 is 2.55 bits per heavy atom. The van der Waals surface area contributed by atoms with Crippen LogP contribution in [-0.2, 0) is 9.59 Å². The van der Waals surface area contributed by atoms with Gasteiger partial charge < -0.3 is 0 Å². The lowest BCUT2D eigenvalue weighted by atomic mass is 9.52. The molecule has 0 heterocycles. The average molecular weight is 415 g/mol. The SMILES string of the molecule is C#C.CC.C[C@@H]1CC2C3CCC4=CC(=O)C=C[C@]4(C)C3=CC[C@]2(C)C1C(=O)CCl. The van der Waals surface area contributed by atoms with Gasteiger partial charge in [0.05, 0.1) is 5.88 Å². The van der Waals surface area contributed by atoms with E-state index in [0.29, 0.717) is 17.8 Å². The van der Waals surface area contributed by atoms with Crippen molar-refractivity contribution < 1.29 is 9.59 Å². The van der Waals surface area contributed by atoms with Crippen molar-refractivity contribution in [3.63, 3.8) is 0 Å². The van der Waals surface area contributed by atoms with Crippen LogP contribution in [0.2, 0.25) is 0 Å². The molecule has 0 amide bonds. The second-order valence-corrected chi connectivity index (χ2v) is 9.29. The summed E-state index contributed by atoms with van der Waals surface area (Å²) in [5.74, 6) is 2.03. The molecule has 0 saturated heterocycles. The van der Waals surface area contributed by atoms with Crippen LogP contribution in [0.3, 0.4) is 0 Å². The summed E-state index contributed by atoms with van der Waals surface area (Å²) in [4.78, 5) is 24.4. The van der Waals surface area contributed by atoms with Crippen LogP contribution in [0, 0.1) is 47.3 Å². The van der Waals surface area contributed by atoms with Crippen molar-refractivity contribution in [2.75, 3.05) is 5.88 Å². The number of terminal acetylenes is 1. The van der Waals surface area contributed by atoms with E-state index in [0.717, 1.165) is 25.7 Å². The van der Waals surface area contributed by atoms with E-state index in [9.17, 15) is 9.59 Å². The van der Waals surface area contributed by atoms with Gasteiger partial charge in [0.1, 0.15) is 0 Å². The van der Waals surface area contributed by atoms with Crippen molar-refractivity contribution in [3.05, 3.63) is 35.5 Å². The zero-order chi connectivity index (χ0) is 22.0. The first-order valence-corrected chi connectivity index (χ1v) is 11.4. The molecule has 2 saturated carbocycles. The fraction of sp³-hybridized carbons (Fsp3) is 0.615. The van der Waals surface area contributed by atoms with Gasteiger partial charge in [-0.3, -0.25) is 9.59 Å². The number of fused-ring (bicyclic) bond motifs is 5. The summed E-state index contributed by atoms with van der Waals surface area (Å²) in [5.41, 5.74) is 2.69. The van der Waals surface area contributed by atoms with Crippen LogP contribution in [0.25, 0.3) is 0 Å². The summed E-state index contributed by atoms with van der Waals surface area (Å²) in [7, 11) is 0. The summed E-state index contributed by atoms with van der Waals surface area (Å²) in [5, 5.41) is 0. The van der Waals surface area contributed by atoms with Crippen LogP contribution < -0.4 is 0 Å². The molecule has 0 aromatic heterocycles. The Labute approximate surface area is 181 Å². The van der Waals surface area contributed by atoms with Crippen LogP contribution >= 0.6 is 11.6 Å². The second kappa shape index (κ2) is 9.05. The third-order valence-electron chi connectivity index (χ3n) is 7.77. The zero-order valence-corrected chi connectivity index (χ0v) is 19.3. The Hall–Kier alpha value is -1.59. The molecule has 0 aromatic carbocycles. The first-order valence-electron chi connectivity index (χ1n) is 10.9. The van der Waals surface area contributed by atoms with Crippen LogP contribution in [0.4, 0.5) is 0 Å². The fourth-order valence-electron chi connectivity index (χ4n) is 6.66. The Kier molecular flexibility index (Phi) is 7.39. The maximum atomic E-state index is 12.6. The van der Waals surface area contributed by atoms with E-state index >= 15 is 0 Å². The molecular formula is C26H35ClO2. The van der Waals surface area contributed by atoms with Gasteiger partial charge in [0.25, 0.3) is 0 Å². The molecule has 0 spiro atoms. The highest BCUT2D eigenvalue weighted by Gasteiger charge is 2.58. The predicted octanol–water partition coefficient (Wildman–Crippen LogP) is 6.16. The molecule has 6 atom stereocenters. The van der Waals surface area contributed by atoms with Crippen LogP contribution in [-0.4, -0.2) is 17.4 Å². The molecule has 2 nitrogen and oxygen atoms in total. The lowest BCUT2D eigenvalue weighted by Gasteiger charge is -2.52. The highest BCUT2D eigenvalue weighted by Crippen LogP contribution is 2.65. The minimum absolute atomic E-state index is 0.0331. The number of rotatable bonds is 2. The van der Waals surface area contributed by atoms with Gasteiger partial charge in [-0.2, -0.15) is 0 Å². The number of Topliss-reactive ketones (excluding diaryl/α,β-unsaturated/α-hetero) is 1. The highest BCUT2D eigenvalue weighted by atomic mass is 35.5. The Morgan fingerprint density at radius 1 is 1.28 bits per heavy atom. The van der Waals surface area contributed by atoms with Crippen LogP contribution in [0.5, 0.6) is 0 Å². The standard InChI is InChI=1S/C22H27ClO2.C2H6.C2H2/c1-13-10-18-16-5-4-14-11-15(24)6-8-21(14,2)17(16)7-9-22(18,3)20(13)19(25)12-23;2*1-2/h6-8,11,13,16,18,20H,4-5,9-10,12H2,1-3H3;1-2H3;1-2H/t13-,16?,18?,20?,21+,22+;;/m1../s1. The maximum absolute atomic E-state index is 12.6. The number of carbonyl (C=O) groups is 2. The predicted molar refractivity (Wildman–Crippen MR) is 122 cm³/mol. The van der Waals surface area contributed by atoms with E-state index in [2.05, 4.69) is 45.8 Å². The van der Waals surface area contributed by atoms with E-state index in [1.807, 2.05) is 19.9 Å². The lowest BCUT2D eigenvalue weighted by Crippen LogP contribution is -2.45. The minimum atomic E-state index is -0.101. The van der Waals surface area contributed by atoms with Crippen molar-refractivity contribution in [2.45, 2.75) is 60.3 Å². The fourth-order valence-corrected chi connectivity index (χ4v) is 6.83. The smallest absolute Gasteiger partial charge is 0.178 e. The van der Waals surface area contributed by atoms with Gasteiger partial charge in [0, 0.05) is 11.3 Å². The van der Waals surface area contributed by atoms with E-state index in [4.69, 9.17) is 11.6 Å². The van der Waals surface area contributed by atoms with Gasteiger partial charge in [-0.05, 0) is 67.9 Å². The highest BCUT2D eigenvalue weighted by molar-refractivity contribution is 6.28. The number of alkyl halides is 1. The lowest BCUT2D eigenvalue weighted by molar-refractivity contribution is -0.125. The molecule has 2 fully saturated rings. The Balaban J connectivity index is 0.000000707. The summed E-state index contributed by atoms with van der Waals surface area (Å²) in [6, 6.07) is 0. The van der Waals surface area contributed by atoms with Crippen molar-refractivity contribution in [3.8, 4) is 12.8 Å². The van der Waals surface area contributed by atoms with Crippen LogP contribution in [0.1, 0.15) is 60.3 Å². The molecule has 0 aliphatic heterocycles. The van der Waals surface area contributed by atoms with Crippen LogP contribution in [0.15, 0.2) is 35.5 Å². The molecule has 4 rings (SSSR count). The third-order valence-corrected chi connectivity index (χ3v) is 8.03. The molecule has 0 bridgehead atoms. The number of hydrogen-bond donors (Lipinski definition) is 0. The number of ketones is 2. The van der Waals surface area contributed by atoms with Crippen molar-refractivity contribution >= 4 is 23.2 Å². The number of allylic oxidation sites excluding steroid dienone is 6. The van der Waals surface area contributed by atoms with Gasteiger partial charge in [-0.15, -0.1) is 24.4 Å². The normalized spacial score (nSPS) is 39.2. The second-order valence-electron chi connectivity index (χ2n) is 9.02. The first-order chi connectivity index (χ1) is 13.8. The minimum Gasteiger partial charge on any atom is -0.298 e. The third kappa shape index (κ3) is 3.68. The molecule has 29 heavy (non-hydrogen) atoms. The Morgan fingerprint density at radius 2 is 1.93 bits per heavy atom. The molecule has 3 heteroatoms. The molecule has 0 aromatic rings. The molecule has 0 N–H and O–H groups in total. The summed E-state index contributed by atoms with van der Waals surface area (Å²) >= 11 is 5.94. The molecule has 0 radical (unpaired) electrons. The molecular weight excluding hydrogens is 380 g/mol. The average Bonchev–Trinajstić information content (AvgIpc) is 3.01. The number of carbonyl (C=O) groups excluding carboxylic acids is 2. The van der Waals surface area contributed by atoms with E-state index in [1.165, 1.54) is 11.1 Å². The van der Waals surface area contributed by atoms with Gasteiger partial charge in [0.2, 0.25) is 0 Å². The van der Waals surface area contributed by atoms with Gasteiger partial charge in [-0.1, -0.05) is 51.0 Å². The molecule has 158 valence electrons. The number of hydrogen-bond acceptors (Lipinski definition) is 2. The van der Waals surface area contributed by atoms with E-state index < -0.39 is 0 Å². The van der Waals surface area contributed by atoms with Crippen molar-refractivity contribution in [1.82, 2.24) is 0 Å². The van der Waals surface area contributed by atoms with Crippen molar-refractivity contribution in [1.29, 1.82) is 0 Å². The molecule has 4 aliphatic carbocycles. The topological polar surface area (TPSA) is 34.1 Å². The first kappa shape index (κ1) is 23.7. The number of halogens is 1. The largest absolute Gasteiger partial charge is 0.298 e.